The van der Waals surface area contributed by atoms with Gasteiger partial charge in [0, 0.05) is 0 Å². The molecule has 0 saturated carbocycles. The predicted octanol–water partition coefficient (Wildman–Crippen LogP) is 6.83. The van der Waals surface area contributed by atoms with E-state index in [9.17, 15) is 9.79 Å². The molecule has 142 valence electrons. The van der Waals surface area contributed by atoms with Gasteiger partial charge in [0.15, 0.2) is 0 Å². The van der Waals surface area contributed by atoms with Crippen molar-refractivity contribution in [1.29, 1.82) is 0 Å². The molecule has 0 amide bonds. The van der Waals surface area contributed by atoms with E-state index in [1.165, 1.54) is 89.9 Å². The van der Waals surface area contributed by atoms with Gasteiger partial charge >= 0.3 is 146 Å². The van der Waals surface area contributed by atoms with E-state index >= 15 is 0 Å². The Hall–Kier alpha value is 0.350. The SMILES string of the molecule is CCCCCCCCCC[PH](O)(O)CCCCCCCCCC. The van der Waals surface area contributed by atoms with E-state index in [2.05, 4.69) is 13.8 Å². The second kappa shape index (κ2) is 17.2. The summed E-state index contributed by atoms with van der Waals surface area (Å²) < 4.78 is 0. The van der Waals surface area contributed by atoms with Gasteiger partial charge in [-0.2, -0.15) is 0 Å². The Morgan fingerprint density at radius 3 is 1.00 bits per heavy atom. The minimum atomic E-state index is -2.87. The van der Waals surface area contributed by atoms with Crippen LogP contribution in [-0.4, -0.2) is 22.1 Å². The van der Waals surface area contributed by atoms with Crippen LogP contribution in [-0.2, 0) is 0 Å². The van der Waals surface area contributed by atoms with E-state index in [4.69, 9.17) is 0 Å². The molecule has 0 aromatic carbocycles. The summed E-state index contributed by atoms with van der Waals surface area (Å²) in [4.78, 5) is 20.3. The van der Waals surface area contributed by atoms with E-state index in [-0.39, 0.29) is 0 Å². The van der Waals surface area contributed by atoms with Crippen LogP contribution >= 0.6 is 7.72 Å². The summed E-state index contributed by atoms with van der Waals surface area (Å²) in [6.07, 6.45) is 21.8. The van der Waals surface area contributed by atoms with Gasteiger partial charge in [0.05, 0.1) is 0 Å². The molecule has 0 bridgehead atoms. The van der Waals surface area contributed by atoms with Crippen molar-refractivity contribution in [2.45, 2.75) is 117 Å². The summed E-state index contributed by atoms with van der Waals surface area (Å²) in [6.45, 7) is 4.50. The number of rotatable bonds is 18. The minimum absolute atomic E-state index is 0.693. The van der Waals surface area contributed by atoms with Crippen molar-refractivity contribution in [2.24, 2.45) is 0 Å². The summed E-state index contributed by atoms with van der Waals surface area (Å²) in [5.41, 5.74) is 0. The van der Waals surface area contributed by atoms with Crippen molar-refractivity contribution >= 4 is 7.72 Å². The molecule has 0 fully saturated rings. The fraction of sp³-hybridized carbons (Fsp3) is 1.00. The van der Waals surface area contributed by atoms with Crippen molar-refractivity contribution in [3.63, 3.8) is 0 Å². The Kier molecular flexibility index (Phi) is 17.4. The van der Waals surface area contributed by atoms with Crippen LogP contribution in [0.3, 0.4) is 0 Å². The Bertz CT molecular complexity index is 210. The zero-order valence-corrected chi connectivity index (χ0v) is 17.1. The molecule has 0 aliphatic carbocycles. The van der Waals surface area contributed by atoms with E-state index in [0.717, 1.165) is 12.8 Å². The number of hydrogen-bond donors (Lipinski definition) is 2. The second-order valence-electron chi connectivity index (χ2n) is 7.43. The van der Waals surface area contributed by atoms with Gasteiger partial charge < -0.3 is 0 Å². The first-order valence-corrected chi connectivity index (χ1v) is 12.9. The average Bonchev–Trinajstić information content (AvgIpc) is 2.52. The summed E-state index contributed by atoms with van der Waals surface area (Å²) >= 11 is 0. The molecule has 0 aromatic heterocycles. The Morgan fingerprint density at radius 1 is 0.435 bits per heavy atom. The van der Waals surface area contributed by atoms with Crippen LogP contribution < -0.4 is 0 Å². The first-order valence-electron chi connectivity index (χ1n) is 10.6. The molecular formula is C20H45O2P. The molecule has 0 radical (unpaired) electrons. The fourth-order valence-corrected chi connectivity index (χ4v) is 5.09. The van der Waals surface area contributed by atoms with Crippen LogP contribution in [0, 0.1) is 0 Å². The van der Waals surface area contributed by atoms with E-state index in [0.29, 0.717) is 12.3 Å². The molecule has 0 atom stereocenters. The molecule has 0 heterocycles. The molecule has 23 heavy (non-hydrogen) atoms. The van der Waals surface area contributed by atoms with E-state index in [1.54, 1.807) is 0 Å². The summed E-state index contributed by atoms with van der Waals surface area (Å²) in [5, 5.41) is 0. The number of hydrogen-bond acceptors (Lipinski definition) is 2. The maximum absolute atomic E-state index is 10.2. The van der Waals surface area contributed by atoms with Crippen LogP contribution in [0.25, 0.3) is 0 Å². The van der Waals surface area contributed by atoms with Gasteiger partial charge in [-0.15, -0.1) is 0 Å². The van der Waals surface area contributed by atoms with Crippen LogP contribution in [0.1, 0.15) is 117 Å². The molecule has 0 aliphatic heterocycles. The molecule has 0 saturated heterocycles. The van der Waals surface area contributed by atoms with Crippen molar-refractivity contribution in [2.75, 3.05) is 12.3 Å². The van der Waals surface area contributed by atoms with Crippen LogP contribution in [0.4, 0.5) is 0 Å². The summed E-state index contributed by atoms with van der Waals surface area (Å²) in [6, 6.07) is 0. The first-order chi connectivity index (χ1) is 11.1. The maximum atomic E-state index is 10.2. The van der Waals surface area contributed by atoms with Gasteiger partial charge in [-0.05, 0) is 0 Å². The fourth-order valence-electron chi connectivity index (χ4n) is 3.21. The van der Waals surface area contributed by atoms with Crippen molar-refractivity contribution in [3.8, 4) is 0 Å². The van der Waals surface area contributed by atoms with Gasteiger partial charge in [0.25, 0.3) is 0 Å². The molecular weight excluding hydrogens is 303 g/mol. The van der Waals surface area contributed by atoms with Gasteiger partial charge in [-0.25, -0.2) is 0 Å². The summed E-state index contributed by atoms with van der Waals surface area (Å²) in [5.74, 6) is 0. The predicted molar refractivity (Wildman–Crippen MR) is 108 cm³/mol. The van der Waals surface area contributed by atoms with Crippen LogP contribution in [0.5, 0.6) is 0 Å². The standard InChI is InChI=1S/C20H45O2P/c1-3-5-7-9-11-13-15-17-19-23(21,22)20-18-16-14-12-10-8-6-4-2/h21-23H,3-20H2,1-2H3. The molecule has 0 rings (SSSR count). The van der Waals surface area contributed by atoms with Crippen molar-refractivity contribution in [3.05, 3.63) is 0 Å². The molecule has 0 unspecified atom stereocenters. The average molecular weight is 349 g/mol. The van der Waals surface area contributed by atoms with Gasteiger partial charge in [-0.3, -0.25) is 0 Å². The Labute approximate surface area is 147 Å². The second-order valence-corrected chi connectivity index (χ2v) is 10.4. The molecule has 0 spiro atoms. The first kappa shape index (κ1) is 23.4. The van der Waals surface area contributed by atoms with Gasteiger partial charge in [0.1, 0.15) is 0 Å². The summed E-state index contributed by atoms with van der Waals surface area (Å²) in [7, 11) is -2.87. The molecule has 3 heteroatoms. The zero-order valence-electron chi connectivity index (χ0n) is 16.1. The molecule has 2 N–H and O–H groups in total. The van der Waals surface area contributed by atoms with Gasteiger partial charge in [-0.1, -0.05) is 0 Å². The third-order valence-electron chi connectivity index (χ3n) is 4.86. The zero-order chi connectivity index (χ0) is 17.2. The van der Waals surface area contributed by atoms with Crippen LogP contribution in [0.15, 0.2) is 0 Å². The van der Waals surface area contributed by atoms with Crippen LogP contribution in [0.2, 0.25) is 0 Å². The third-order valence-corrected chi connectivity index (χ3v) is 7.17. The third kappa shape index (κ3) is 18.5. The molecule has 2 nitrogen and oxygen atoms in total. The normalized spacial score (nSPS) is 12.7. The van der Waals surface area contributed by atoms with Crippen molar-refractivity contribution < 1.29 is 9.79 Å². The van der Waals surface area contributed by atoms with E-state index < -0.39 is 7.72 Å². The van der Waals surface area contributed by atoms with Crippen molar-refractivity contribution in [1.82, 2.24) is 0 Å². The molecule has 0 aromatic rings. The monoisotopic (exact) mass is 348 g/mol. The van der Waals surface area contributed by atoms with E-state index in [1.807, 2.05) is 0 Å². The molecule has 0 aliphatic rings. The van der Waals surface area contributed by atoms with Gasteiger partial charge in [0.2, 0.25) is 0 Å². The quantitative estimate of drug-likeness (QED) is 0.210. The topological polar surface area (TPSA) is 40.5 Å². The Balaban J connectivity index is 3.33. The number of unbranched alkanes of at least 4 members (excludes halogenated alkanes) is 14. The Morgan fingerprint density at radius 2 is 0.696 bits per heavy atom.